The Kier molecular flexibility index (Phi) is 6.65. The lowest BCUT2D eigenvalue weighted by Gasteiger charge is -2.12. The van der Waals surface area contributed by atoms with Crippen LogP contribution in [0.2, 0.25) is 5.02 Å². The van der Waals surface area contributed by atoms with Gasteiger partial charge >= 0.3 is 0 Å². The van der Waals surface area contributed by atoms with Gasteiger partial charge in [0.1, 0.15) is 17.9 Å². The number of anilines is 2. The quantitative estimate of drug-likeness (QED) is 0.736. The third-order valence-electron chi connectivity index (χ3n) is 3.22. The fourth-order valence-electron chi connectivity index (χ4n) is 2.16. The van der Waals surface area contributed by atoms with Crippen molar-refractivity contribution in [3.63, 3.8) is 0 Å². The van der Waals surface area contributed by atoms with Crippen molar-refractivity contribution in [2.75, 3.05) is 24.4 Å². The zero-order chi connectivity index (χ0) is 18.2. The minimum absolute atomic E-state index is 0.351. The molecule has 0 spiro atoms. The van der Waals surface area contributed by atoms with Crippen LogP contribution in [0.5, 0.6) is 11.5 Å². The molecule has 0 aromatic heterocycles. The molecule has 6 nitrogen and oxygen atoms in total. The molecule has 0 saturated carbocycles. The maximum absolute atomic E-state index is 12.1. The number of benzene rings is 2. The molecule has 0 radical (unpaired) electrons. The Morgan fingerprint density at radius 2 is 1.68 bits per heavy atom. The number of methoxy groups -OCH3 is 1. The number of amides is 2. The standard InChI is InChI=1S/C18H19ClN2O4/c1-3-25-16-7-5-4-6-13(16)20-17(22)11-18(23)21-14-10-12(19)8-9-15(14)24-2/h4-10H,3,11H2,1-2H3,(H,20,22)(H,21,23). The number of para-hydroxylation sites is 2. The van der Waals surface area contributed by atoms with Crippen LogP contribution >= 0.6 is 11.6 Å². The zero-order valence-electron chi connectivity index (χ0n) is 14.0. The van der Waals surface area contributed by atoms with Crippen LogP contribution in [0.3, 0.4) is 0 Å². The highest BCUT2D eigenvalue weighted by molar-refractivity contribution is 6.31. The van der Waals surface area contributed by atoms with Gasteiger partial charge in [-0.25, -0.2) is 0 Å². The number of ether oxygens (including phenoxy) is 2. The largest absolute Gasteiger partial charge is 0.495 e. The molecule has 7 heteroatoms. The van der Waals surface area contributed by atoms with Crippen molar-refractivity contribution in [2.45, 2.75) is 13.3 Å². The average molecular weight is 363 g/mol. The van der Waals surface area contributed by atoms with Gasteiger partial charge < -0.3 is 20.1 Å². The minimum Gasteiger partial charge on any atom is -0.495 e. The summed E-state index contributed by atoms with van der Waals surface area (Å²) in [7, 11) is 1.48. The normalized spacial score (nSPS) is 10.0. The highest BCUT2D eigenvalue weighted by Crippen LogP contribution is 2.28. The molecule has 0 heterocycles. The number of rotatable bonds is 7. The Hall–Kier alpha value is -2.73. The van der Waals surface area contributed by atoms with Crippen LogP contribution in [0.1, 0.15) is 13.3 Å². The Bertz CT molecular complexity index is 764. The van der Waals surface area contributed by atoms with Gasteiger partial charge in [0.05, 0.1) is 25.1 Å². The Morgan fingerprint density at radius 1 is 1.00 bits per heavy atom. The summed E-state index contributed by atoms with van der Waals surface area (Å²) >= 11 is 5.92. The lowest BCUT2D eigenvalue weighted by molar-refractivity contribution is -0.123. The van der Waals surface area contributed by atoms with E-state index in [1.165, 1.54) is 7.11 Å². The number of hydrogen-bond donors (Lipinski definition) is 2. The van der Waals surface area contributed by atoms with E-state index in [9.17, 15) is 9.59 Å². The Balaban J connectivity index is 1.99. The summed E-state index contributed by atoms with van der Waals surface area (Å²) in [5.41, 5.74) is 0.921. The fraction of sp³-hybridized carbons (Fsp3) is 0.222. The molecule has 0 fully saturated rings. The van der Waals surface area contributed by atoms with Gasteiger partial charge in [-0.05, 0) is 37.3 Å². The van der Waals surface area contributed by atoms with E-state index in [1.54, 1.807) is 42.5 Å². The second-order valence-electron chi connectivity index (χ2n) is 5.05. The minimum atomic E-state index is -0.480. The molecule has 2 amide bonds. The van der Waals surface area contributed by atoms with Crippen molar-refractivity contribution in [3.8, 4) is 11.5 Å². The van der Waals surface area contributed by atoms with E-state index in [0.717, 1.165) is 0 Å². The summed E-state index contributed by atoms with van der Waals surface area (Å²) in [6.45, 7) is 2.33. The summed E-state index contributed by atoms with van der Waals surface area (Å²) in [6, 6.07) is 11.9. The highest BCUT2D eigenvalue weighted by atomic mass is 35.5. The predicted molar refractivity (Wildman–Crippen MR) is 97.5 cm³/mol. The van der Waals surface area contributed by atoms with Gasteiger partial charge in [-0.3, -0.25) is 9.59 Å². The summed E-state index contributed by atoms with van der Waals surface area (Å²) in [5, 5.41) is 5.74. The van der Waals surface area contributed by atoms with Gasteiger partial charge in [0.2, 0.25) is 11.8 Å². The predicted octanol–water partition coefficient (Wildman–Crippen LogP) is 3.71. The van der Waals surface area contributed by atoms with Gasteiger partial charge in [-0.1, -0.05) is 23.7 Å². The SMILES string of the molecule is CCOc1ccccc1NC(=O)CC(=O)Nc1cc(Cl)ccc1OC. The lowest BCUT2D eigenvalue weighted by Crippen LogP contribution is -2.22. The monoisotopic (exact) mass is 362 g/mol. The second kappa shape index (κ2) is 8.94. The molecule has 0 aliphatic heterocycles. The molecule has 0 aliphatic rings. The topological polar surface area (TPSA) is 76.7 Å². The van der Waals surface area contributed by atoms with E-state index >= 15 is 0 Å². The third kappa shape index (κ3) is 5.39. The van der Waals surface area contributed by atoms with Crippen LogP contribution in [-0.4, -0.2) is 25.5 Å². The molecule has 0 bridgehead atoms. The van der Waals surface area contributed by atoms with Gasteiger partial charge in [0.25, 0.3) is 0 Å². The summed E-state index contributed by atoms with van der Waals surface area (Å²) < 4.78 is 10.6. The first-order valence-electron chi connectivity index (χ1n) is 7.68. The number of carbonyl (C=O) groups is 2. The van der Waals surface area contributed by atoms with Gasteiger partial charge in [0.15, 0.2) is 0 Å². The maximum Gasteiger partial charge on any atom is 0.233 e. The average Bonchev–Trinajstić information content (AvgIpc) is 2.57. The molecule has 132 valence electrons. The molecular weight excluding hydrogens is 344 g/mol. The zero-order valence-corrected chi connectivity index (χ0v) is 14.7. The van der Waals surface area contributed by atoms with Gasteiger partial charge in [-0.15, -0.1) is 0 Å². The Labute approximate surface area is 151 Å². The van der Waals surface area contributed by atoms with E-state index in [2.05, 4.69) is 10.6 Å². The molecule has 2 aromatic carbocycles. The second-order valence-corrected chi connectivity index (χ2v) is 5.48. The van der Waals surface area contributed by atoms with Crippen molar-refractivity contribution in [2.24, 2.45) is 0 Å². The van der Waals surface area contributed by atoms with Crippen LogP contribution in [-0.2, 0) is 9.59 Å². The first-order chi connectivity index (χ1) is 12.0. The van der Waals surface area contributed by atoms with E-state index < -0.39 is 11.8 Å². The first kappa shape index (κ1) is 18.6. The van der Waals surface area contributed by atoms with E-state index in [-0.39, 0.29) is 6.42 Å². The number of carbonyl (C=O) groups excluding carboxylic acids is 2. The van der Waals surface area contributed by atoms with Crippen LogP contribution in [0, 0.1) is 0 Å². The van der Waals surface area contributed by atoms with Gasteiger partial charge in [-0.2, -0.15) is 0 Å². The molecule has 0 saturated heterocycles. The van der Waals surface area contributed by atoms with E-state index in [1.807, 2.05) is 6.92 Å². The van der Waals surface area contributed by atoms with Crippen molar-refractivity contribution < 1.29 is 19.1 Å². The molecule has 2 rings (SSSR count). The summed E-state index contributed by atoms with van der Waals surface area (Å²) in [5.74, 6) is 0.0766. The van der Waals surface area contributed by atoms with Crippen molar-refractivity contribution >= 4 is 34.8 Å². The van der Waals surface area contributed by atoms with E-state index in [0.29, 0.717) is 34.5 Å². The maximum atomic E-state index is 12.1. The number of hydrogen-bond acceptors (Lipinski definition) is 4. The molecule has 2 N–H and O–H groups in total. The Morgan fingerprint density at radius 3 is 2.36 bits per heavy atom. The van der Waals surface area contributed by atoms with Crippen LogP contribution in [0.4, 0.5) is 11.4 Å². The van der Waals surface area contributed by atoms with Crippen LogP contribution in [0.15, 0.2) is 42.5 Å². The van der Waals surface area contributed by atoms with E-state index in [4.69, 9.17) is 21.1 Å². The fourth-order valence-corrected chi connectivity index (χ4v) is 2.34. The van der Waals surface area contributed by atoms with Gasteiger partial charge in [0, 0.05) is 5.02 Å². The lowest BCUT2D eigenvalue weighted by atomic mass is 10.2. The van der Waals surface area contributed by atoms with Crippen LogP contribution < -0.4 is 20.1 Å². The molecule has 0 unspecified atom stereocenters. The van der Waals surface area contributed by atoms with Crippen LogP contribution in [0.25, 0.3) is 0 Å². The number of nitrogens with one attached hydrogen (secondary N) is 2. The highest BCUT2D eigenvalue weighted by Gasteiger charge is 2.14. The van der Waals surface area contributed by atoms with Crippen molar-refractivity contribution in [1.82, 2.24) is 0 Å². The molecule has 2 aromatic rings. The molecule has 0 aliphatic carbocycles. The molecular formula is C18H19ClN2O4. The smallest absolute Gasteiger partial charge is 0.233 e. The van der Waals surface area contributed by atoms with Crippen molar-refractivity contribution in [1.29, 1.82) is 0 Å². The van der Waals surface area contributed by atoms with Crippen molar-refractivity contribution in [3.05, 3.63) is 47.5 Å². The number of halogens is 1. The molecule has 25 heavy (non-hydrogen) atoms. The molecule has 0 atom stereocenters. The first-order valence-corrected chi connectivity index (χ1v) is 8.06. The summed E-state index contributed by atoms with van der Waals surface area (Å²) in [6.07, 6.45) is -0.351. The third-order valence-corrected chi connectivity index (χ3v) is 3.45. The summed E-state index contributed by atoms with van der Waals surface area (Å²) in [4.78, 5) is 24.2.